The van der Waals surface area contributed by atoms with Crippen molar-refractivity contribution in [3.8, 4) is 5.69 Å². The Balaban J connectivity index is 2.45. The maximum Gasteiger partial charge on any atom is 0.266 e. The molecule has 0 N–H and O–H groups in total. The van der Waals surface area contributed by atoms with E-state index < -0.39 is 5.82 Å². The van der Waals surface area contributed by atoms with Crippen LogP contribution in [0.3, 0.4) is 0 Å². The van der Waals surface area contributed by atoms with Gasteiger partial charge in [0.1, 0.15) is 5.82 Å². The first kappa shape index (κ1) is 11.7. The van der Waals surface area contributed by atoms with Crippen molar-refractivity contribution in [3.05, 3.63) is 76.5 Å². The van der Waals surface area contributed by atoms with Gasteiger partial charge < -0.3 is 0 Å². The van der Waals surface area contributed by atoms with Gasteiger partial charge >= 0.3 is 0 Å². The Bertz CT molecular complexity index is 806. The van der Waals surface area contributed by atoms with Crippen molar-refractivity contribution in [2.24, 2.45) is 0 Å². The van der Waals surface area contributed by atoms with Crippen LogP contribution in [-0.2, 0) is 0 Å². The summed E-state index contributed by atoms with van der Waals surface area (Å²) < 4.78 is 15.4. The molecule has 1 aromatic heterocycles. The molecule has 0 aliphatic carbocycles. The van der Waals surface area contributed by atoms with Gasteiger partial charge in [-0.2, -0.15) is 0 Å². The zero-order chi connectivity index (χ0) is 13.4. The fraction of sp³-hybridized carbons (Fsp3) is 0.0625. The molecule has 3 heteroatoms. The lowest BCUT2D eigenvalue weighted by Gasteiger charge is -2.11. The summed E-state index contributed by atoms with van der Waals surface area (Å²) in [6.07, 6.45) is 0. The third-order valence-electron chi connectivity index (χ3n) is 3.19. The Morgan fingerprint density at radius 3 is 2.47 bits per heavy atom. The molecule has 0 unspecified atom stereocenters. The minimum atomic E-state index is -0.479. The summed E-state index contributed by atoms with van der Waals surface area (Å²) in [5, 5.41) is 0.770. The lowest BCUT2D eigenvalue weighted by atomic mass is 10.1. The molecule has 2 nitrogen and oxygen atoms in total. The van der Waals surface area contributed by atoms with Crippen LogP contribution in [0.2, 0.25) is 0 Å². The van der Waals surface area contributed by atoms with Crippen LogP contribution in [0, 0.1) is 12.7 Å². The third-order valence-corrected chi connectivity index (χ3v) is 3.19. The minimum Gasteiger partial charge on any atom is -0.281 e. The highest BCUT2D eigenvalue weighted by atomic mass is 19.1. The smallest absolute Gasteiger partial charge is 0.266 e. The van der Waals surface area contributed by atoms with Crippen LogP contribution in [0.5, 0.6) is 0 Å². The van der Waals surface area contributed by atoms with Crippen LogP contribution in [0.1, 0.15) is 5.69 Å². The second-order valence-electron chi connectivity index (χ2n) is 4.47. The lowest BCUT2D eigenvalue weighted by Crippen LogP contribution is -2.21. The average molecular weight is 253 g/mol. The van der Waals surface area contributed by atoms with Crippen LogP contribution in [0.25, 0.3) is 16.5 Å². The van der Waals surface area contributed by atoms with E-state index in [9.17, 15) is 9.18 Å². The quantitative estimate of drug-likeness (QED) is 0.651. The molecule has 0 aliphatic heterocycles. The van der Waals surface area contributed by atoms with E-state index in [-0.39, 0.29) is 10.9 Å². The van der Waals surface area contributed by atoms with E-state index in [2.05, 4.69) is 0 Å². The Hall–Kier alpha value is -2.42. The van der Waals surface area contributed by atoms with Gasteiger partial charge in [0.05, 0.1) is 5.39 Å². The van der Waals surface area contributed by atoms with E-state index in [4.69, 9.17) is 0 Å². The fourth-order valence-electron chi connectivity index (χ4n) is 2.35. The summed E-state index contributed by atoms with van der Waals surface area (Å²) >= 11 is 0. The predicted octanol–water partition coefficient (Wildman–Crippen LogP) is 3.44. The minimum absolute atomic E-state index is 0.136. The summed E-state index contributed by atoms with van der Waals surface area (Å²) in [6.45, 7) is 1.85. The third kappa shape index (κ3) is 1.83. The number of para-hydroxylation sites is 1. The topological polar surface area (TPSA) is 22.0 Å². The first-order valence-corrected chi connectivity index (χ1v) is 6.05. The summed E-state index contributed by atoms with van der Waals surface area (Å²) in [4.78, 5) is 12.5. The Morgan fingerprint density at radius 1 is 1.00 bits per heavy atom. The summed E-state index contributed by atoms with van der Waals surface area (Å²) in [7, 11) is 0. The van der Waals surface area contributed by atoms with Gasteiger partial charge in [-0.1, -0.05) is 30.3 Å². The summed E-state index contributed by atoms with van der Waals surface area (Å²) in [6, 6.07) is 15.8. The van der Waals surface area contributed by atoms with E-state index in [0.29, 0.717) is 5.39 Å². The molecule has 0 saturated carbocycles. The zero-order valence-electron chi connectivity index (χ0n) is 10.4. The number of rotatable bonds is 1. The van der Waals surface area contributed by atoms with Crippen molar-refractivity contribution in [1.82, 2.24) is 4.57 Å². The van der Waals surface area contributed by atoms with Gasteiger partial charge in [-0.05, 0) is 36.6 Å². The van der Waals surface area contributed by atoms with Crippen LogP contribution in [-0.4, -0.2) is 4.57 Å². The maximum atomic E-state index is 13.9. The highest BCUT2D eigenvalue weighted by Gasteiger charge is 2.11. The second-order valence-corrected chi connectivity index (χ2v) is 4.47. The number of nitrogens with zero attached hydrogens (tertiary/aromatic N) is 1. The van der Waals surface area contributed by atoms with E-state index in [0.717, 1.165) is 11.4 Å². The molecule has 0 atom stereocenters. The zero-order valence-corrected chi connectivity index (χ0v) is 10.4. The van der Waals surface area contributed by atoms with E-state index >= 15 is 0 Å². The number of aryl methyl sites for hydroxylation is 1. The number of fused-ring (bicyclic) bond motifs is 1. The largest absolute Gasteiger partial charge is 0.281 e. The molecular formula is C16H12FNO. The second kappa shape index (κ2) is 4.35. The van der Waals surface area contributed by atoms with Gasteiger partial charge in [-0.15, -0.1) is 0 Å². The summed E-state index contributed by atoms with van der Waals surface area (Å²) in [5.41, 5.74) is 1.21. The molecule has 3 aromatic rings. The molecular weight excluding hydrogens is 241 g/mol. The molecule has 0 bridgehead atoms. The van der Waals surface area contributed by atoms with Crippen molar-refractivity contribution in [2.45, 2.75) is 6.92 Å². The number of hydrogen-bond donors (Lipinski definition) is 0. The van der Waals surface area contributed by atoms with E-state index in [1.54, 1.807) is 12.1 Å². The molecule has 19 heavy (non-hydrogen) atoms. The Kier molecular flexibility index (Phi) is 2.67. The molecule has 1 heterocycles. The molecule has 2 aromatic carbocycles. The summed E-state index contributed by atoms with van der Waals surface area (Å²) in [5.74, 6) is -0.479. The number of aromatic nitrogens is 1. The number of halogens is 1. The van der Waals surface area contributed by atoms with Crippen molar-refractivity contribution < 1.29 is 4.39 Å². The van der Waals surface area contributed by atoms with Crippen LogP contribution >= 0.6 is 0 Å². The number of benzene rings is 2. The molecule has 94 valence electrons. The van der Waals surface area contributed by atoms with E-state index in [1.165, 1.54) is 10.6 Å². The lowest BCUT2D eigenvalue weighted by molar-refractivity contribution is 0.637. The van der Waals surface area contributed by atoms with Gasteiger partial charge in [0, 0.05) is 11.4 Å². The SMILES string of the molecule is Cc1cc2cccc(F)c2c(=O)n1-c1ccccc1. The van der Waals surface area contributed by atoms with Gasteiger partial charge in [0.2, 0.25) is 0 Å². The predicted molar refractivity (Wildman–Crippen MR) is 74.2 cm³/mol. The van der Waals surface area contributed by atoms with Crippen LogP contribution < -0.4 is 5.56 Å². The highest BCUT2D eigenvalue weighted by Crippen LogP contribution is 2.17. The van der Waals surface area contributed by atoms with E-state index in [1.807, 2.05) is 43.3 Å². The van der Waals surface area contributed by atoms with Crippen molar-refractivity contribution in [1.29, 1.82) is 0 Å². The molecule has 0 radical (unpaired) electrons. The Labute approximate surface area is 109 Å². The van der Waals surface area contributed by atoms with Gasteiger partial charge in [-0.25, -0.2) is 4.39 Å². The molecule has 0 aliphatic rings. The standard InChI is InChI=1S/C16H12FNO/c1-11-10-12-6-5-9-14(17)15(12)16(19)18(11)13-7-3-2-4-8-13/h2-10H,1H3. The molecule has 3 rings (SSSR count). The van der Waals surface area contributed by atoms with Gasteiger partial charge in [0.15, 0.2) is 0 Å². The van der Waals surface area contributed by atoms with Crippen LogP contribution in [0.15, 0.2) is 59.4 Å². The number of hydrogen-bond acceptors (Lipinski definition) is 1. The first-order chi connectivity index (χ1) is 9.18. The molecule has 0 amide bonds. The first-order valence-electron chi connectivity index (χ1n) is 6.05. The van der Waals surface area contributed by atoms with Gasteiger partial charge in [-0.3, -0.25) is 9.36 Å². The molecule has 0 saturated heterocycles. The molecule has 0 fully saturated rings. The van der Waals surface area contributed by atoms with Crippen molar-refractivity contribution in [2.75, 3.05) is 0 Å². The monoisotopic (exact) mass is 253 g/mol. The Morgan fingerprint density at radius 2 is 1.74 bits per heavy atom. The normalized spacial score (nSPS) is 10.8. The number of pyridine rings is 1. The average Bonchev–Trinajstić information content (AvgIpc) is 2.39. The van der Waals surface area contributed by atoms with Crippen LogP contribution in [0.4, 0.5) is 4.39 Å². The highest BCUT2D eigenvalue weighted by molar-refractivity contribution is 5.83. The van der Waals surface area contributed by atoms with Crippen molar-refractivity contribution in [3.63, 3.8) is 0 Å². The van der Waals surface area contributed by atoms with Crippen molar-refractivity contribution >= 4 is 10.8 Å². The van der Waals surface area contributed by atoms with Gasteiger partial charge in [0.25, 0.3) is 5.56 Å². The molecule has 0 spiro atoms. The fourth-order valence-corrected chi connectivity index (χ4v) is 2.35. The maximum absolute atomic E-state index is 13.9.